The molecular weight excluding hydrogens is 449 g/mol. The van der Waals surface area contributed by atoms with Gasteiger partial charge < -0.3 is 25.3 Å². The van der Waals surface area contributed by atoms with Crippen molar-refractivity contribution in [2.24, 2.45) is 0 Å². The second-order valence-corrected chi connectivity index (χ2v) is 8.34. The number of aromatic nitrogens is 2. The molecule has 0 radical (unpaired) electrons. The summed E-state index contributed by atoms with van der Waals surface area (Å²) in [5, 5.41) is 3.87. The van der Waals surface area contributed by atoms with E-state index in [1.807, 2.05) is 0 Å². The summed E-state index contributed by atoms with van der Waals surface area (Å²) in [6.07, 6.45) is -2.53. The molecular formula is C24H27F3N4O3. The molecule has 10 heteroatoms. The summed E-state index contributed by atoms with van der Waals surface area (Å²) < 4.78 is 56.9. The summed E-state index contributed by atoms with van der Waals surface area (Å²) in [6, 6.07) is 6.54. The van der Waals surface area contributed by atoms with Crippen LogP contribution < -0.4 is 20.5 Å². The number of halogens is 3. The number of hydrogen-bond donors (Lipinski definition) is 2. The second kappa shape index (κ2) is 9.54. The molecule has 1 saturated heterocycles. The largest absolute Gasteiger partial charge is 0.493 e. The van der Waals surface area contributed by atoms with E-state index in [1.165, 1.54) is 6.07 Å². The van der Waals surface area contributed by atoms with Crippen LogP contribution >= 0.6 is 0 Å². The maximum atomic E-state index is 13.3. The van der Waals surface area contributed by atoms with Gasteiger partial charge in [-0.3, -0.25) is 0 Å². The molecule has 0 bridgehead atoms. The number of rotatable bonds is 7. The zero-order chi connectivity index (χ0) is 24.5. The van der Waals surface area contributed by atoms with E-state index in [9.17, 15) is 13.2 Å². The van der Waals surface area contributed by atoms with Crippen LogP contribution in [0.2, 0.25) is 0 Å². The molecule has 1 aliphatic heterocycles. The molecule has 2 atom stereocenters. The molecule has 2 heterocycles. The van der Waals surface area contributed by atoms with Crippen LogP contribution in [-0.4, -0.2) is 36.4 Å². The molecule has 0 aliphatic carbocycles. The molecule has 0 unspecified atom stereocenters. The highest BCUT2D eigenvalue weighted by molar-refractivity contribution is 5.92. The Hall–Kier alpha value is -3.27. The first-order chi connectivity index (χ1) is 16.1. The molecule has 1 aliphatic rings. The molecule has 0 saturated carbocycles. The van der Waals surface area contributed by atoms with Gasteiger partial charge in [0.25, 0.3) is 0 Å². The number of nitrogen functional groups attached to an aromatic ring is 1. The Labute approximate surface area is 195 Å². The van der Waals surface area contributed by atoms with Gasteiger partial charge in [0.15, 0.2) is 11.5 Å². The Kier molecular flexibility index (Phi) is 6.70. The zero-order valence-electron chi connectivity index (χ0n) is 19.2. The number of ether oxygens (including phenoxy) is 3. The third-order valence-corrected chi connectivity index (χ3v) is 5.70. The fourth-order valence-electron chi connectivity index (χ4n) is 3.97. The highest BCUT2D eigenvalue weighted by Crippen LogP contribution is 2.37. The summed E-state index contributed by atoms with van der Waals surface area (Å²) in [7, 11) is 1.55. The average molecular weight is 476 g/mol. The topological polar surface area (TPSA) is 91.5 Å². The van der Waals surface area contributed by atoms with E-state index < -0.39 is 17.8 Å². The van der Waals surface area contributed by atoms with Crippen LogP contribution in [0.25, 0.3) is 10.9 Å². The van der Waals surface area contributed by atoms with Gasteiger partial charge >= 0.3 is 6.18 Å². The molecule has 2 aromatic carbocycles. The van der Waals surface area contributed by atoms with Gasteiger partial charge in [0.1, 0.15) is 18.2 Å². The Bertz CT molecular complexity index is 1180. The van der Waals surface area contributed by atoms with Gasteiger partial charge in [0, 0.05) is 23.7 Å². The Morgan fingerprint density at radius 1 is 1.18 bits per heavy atom. The highest BCUT2D eigenvalue weighted by atomic mass is 19.4. The van der Waals surface area contributed by atoms with E-state index >= 15 is 0 Å². The SMILES string of the molecule is COc1cc2nc(C)nc(N[C@H](C)c3cc(N)cc(C(F)(F)F)c3)c2cc1OC[C@@H]1CCCO1. The summed E-state index contributed by atoms with van der Waals surface area (Å²) in [6.45, 7) is 4.60. The number of anilines is 2. The quantitative estimate of drug-likeness (QED) is 0.449. The van der Waals surface area contributed by atoms with E-state index in [0.717, 1.165) is 31.6 Å². The highest BCUT2D eigenvalue weighted by Gasteiger charge is 2.31. The van der Waals surface area contributed by atoms with Gasteiger partial charge in [-0.25, -0.2) is 9.97 Å². The van der Waals surface area contributed by atoms with Crippen LogP contribution in [0.5, 0.6) is 11.5 Å². The fraction of sp³-hybridized carbons (Fsp3) is 0.417. The van der Waals surface area contributed by atoms with E-state index in [4.69, 9.17) is 19.9 Å². The van der Waals surface area contributed by atoms with Crippen molar-refractivity contribution in [3.05, 3.63) is 47.3 Å². The Morgan fingerprint density at radius 2 is 1.97 bits per heavy atom. The minimum absolute atomic E-state index is 0.0265. The number of fused-ring (bicyclic) bond motifs is 1. The van der Waals surface area contributed by atoms with Crippen molar-refractivity contribution in [3.63, 3.8) is 0 Å². The molecule has 4 rings (SSSR count). The summed E-state index contributed by atoms with van der Waals surface area (Å²) in [4.78, 5) is 8.98. The number of methoxy groups -OCH3 is 1. The number of hydrogen-bond acceptors (Lipinski definition) is 7. The lowest BCUT2D eigenvalue weighted by molar-refractivity contribution is -0.137. The molecule has 0 spiro atoms. The average Bonchev–Trinajstić information content (AvgIpc) is 3.29. The minimum atomic E-state index is -4.49. The summed E-state index contributed by atoms with van der Waals surface area (Å²) >= 11 is 0. The minimum Gasteiger partial charge on any atom is -0.493 e. The number of benzene rings is 2. The van der Waals surface area contributed by atoms with Gasteiger partial charge in [0.05, 0.1) is 30.3 Å². The summed E-state index contributed by atoms with van der Waals surface area (Å²) in [5.74, 6) is 2.00. The number of nitrogens with one attached hydrogen (secondary N) is 1. The van der Waals surface area contributed by atoms with Crippen molar-refractivity contribution in [2.45, 2.75) is 45.0 Å². The van der Waals surface area contributed by atoms with Crippen LogP contribution in [0.3, 0.4) is 0 Å². The third-order valence-electron chi connectivity index (χ3n) is 5.70. The molecule has 0 amide bonds. The van der Waals surface area contributed by atoms with E-state index in [1.54, 1.807) is 33.1 Å². The van der Waals surface area contributed by atoms with Crippen LogP contribution in [0, 0.1) is 6.92 Å². The predicted molar refractivity (Wildman–Crippen MR) is 123 cm³/mol. The fourth-order valence-corrected chi connectivity index (χ4v) is 3.97. The lowest BCUT2D eigenvalue weighted by Gasteiger charge is -2.20. The van der Waals surface area contributed by atoms with Gasteiger partial charge in [-0.15, -0.1) is 0 Å². The van der Waals surface area contributed by atoms with Crippen molar-refractivity contribution in [1.82, 2.24) is 9.97 Å². The molecule has 3 aromatic rings. The first-order valence-corrected chi connectivity index (χ1v) is 11.0. The van der Waals surface area contributed by atoms with Gasteiger partial charge in [-0.1, -0.05) is 0 Å². The third kappa shape index (κ3) is 5.27. The van der Waals surface area contributed by atoms with E-state index in [2.05, 4.69) is 15.3 Å². The number of nitrogens with zero attached hydrogens (tertiary/aromatic N) is 2. The van der Waals surface area contributed by atoms with E-state index in [-0.39, 0.29) is 11.8 Å². The molecule has 3 N–H and O–H groups in total. The van der Waals surface area contributed by atoms with Crippen molar-refractivity contribution < 1.29 is 27.4 Å². The van der Waals surface area contributed by atoms with Crippen molar-refractivity contribution >= 4 is 22.4 Å². The number of nitrogens with two attached hydrogens (primary N) is 1. The maximum Gasteiger partial charge on any atom is 0.416 e. The number of alkyl halides is 3. The predicted octanol–water partition coefficient (Wildman–Crippen LogP) is 5.28. The van der Waals surface area contributed by atoms with Crippen LogP contribution in [0.15, 0.2) is 30.3 Å². The lowest BCUT2D eigenvalue weighted by Crippen LogP contribution is -2.16. The van der Waals surface area contributed by atoms with E-state index in [0.29, 0.717) is 46.2 Å². The Morgan fingerprint density at radius 3 is 2.65 bits per heavy atom. The molecule has 7 nitrogen and oxygen atoms in total. The first-order valence-electron chi connectivity index (χ1n) is 11.0. The smallest absolute Gasteiger partial charge is 0.416 e. The molecule has 34 heavy (non-hydrogen) atoms. The Balaban J connectivity index is 1.67. The zero-order valence-corrected chi connectivity index (χ0v) is 19.2. The summed E-state index contributed by atoms with van der Waals surface area (Å²) in [5.41, 5.74) is 5.99. The van der Waals surface area contributed by atoms with Crippen LogP contribution in [0.1, 0.15) is 42.8 Å². The van der Waals surface area contributed by atoms with Crippen LogP contribution in [-0.2, 0) is 10.9 Å². The standard InChI is InChI=1S/C24H27F3N4O3/c1-13(15-7-16(24(25,26)27)9-17(28)8-15)29-23-19-10-22(34-12-18-5-4-6-33-18)21(32-3)11-20(19)30-14(2)31-23/h7-11,13,18H,4-6,12,28H2,1-3H3,(H,29,30,31)/t13-,18+/m1/s1. The van der Waals surface area contributed by atoms with Gasteiger partial charge in [-0.2, -0.15) is 13.2 Å². The lowest BCUT2D eigenvalue weighted by atomic mass is 10.0. The second-order valence-electron chi connectivity index (χ2n) is 8.34. The van der Waals surface area contributed by atoms with Crippen molar-refractivity contribution in [3.8, 4) is 11.5 Å². The van der Waals surface area contributed by atoms with Crippen LogP contribution in [0.4, 0.5) is 24.7 Å². The first kappa shape index (κ1) is 23.9. The van der Waals surface area contributed by atoms with Gasteiger partial charge in [0.2, 0.25) is 0 Å². The maximum absolute atomic E-state index is 13.3. The van der Waals surface area contributed by atoms with Crippen molar-refractivity contribution in [1.29, 1.82) is 0 Å². The monoisotopic (exact) mass is 476 g/mol. The molecule has 1 fully saturated rings. The molecule has 1 aromatic heterocycles. The molecule has 182 valence electrons. The normalized spacial score (nSPS) is 17.1. The van der Waals surface area contributed by atoms with Gasteiger partial charge in [-0.05, 0) is 56.5 Å². The van der Waals surface area contributed by atoms with Crippen molar-refractivity contribution in [2.75, 3.05) is 31.4 Å². The number of aryl methyl sites for hydroxylation is 1.